The number of amides is 1. The van der Waals surface area contributed by atoms with E-state index in [1.54, 1.807) is 6.92 Å². The summed E-state index contributed by atoms with van der Waals surface area (Å²) in [5, 5.41) is 13.0. The number of carbonyl (C=O) groups is 1. The van der Waals surface area contributed by atoms with Crippen molar-refractivity contribution in [3.63, 3.8) is 0 Å². The van der Waals surface area contributed by atoms with Crippen LogP contribution in [-0.2, 0) is 4.79 Å². The van der Waals surface area contributed by atoms with Crippen LogP contribution in [0.15, 0.2) is 22.7 Å². The predicted octanol–water partition coefficient (Wildman–Crippen LogP) is 1.64. The molecule has 0 heterocycles. The van der Waals surface area contributed by atoms with E-state index in [0.29, 0.717) is 10.2 Å². The van der Waals surface area contributed by atoms with Crippen molar-refractivity contribution in [2.45, 2.75) is 13.0 Å². The number of nitro groups is 1. The molecule has 0 saturated carbocycles. The molecular formula is C9H10BrN3O3. The highest BCUT2D eigenvalue weighted by Gasteiger charge is 2.12. The first-order chi connectivity index (χ1) is 7.41. The Hall–Kier alpha value is -1.47. The van der Waals surface area contributed by atoms with E-state index >= 15 is 0 Å². The molecule has 1 atom stereocenters. The Morgan fingerprint density at radius 3 is 2.69 bits per heavy atom. The fourth-order valence-electron chi connectivity index (χ4n) is 0.966. The van der Waals surface area contributed by atoms with Crippen molar-refractivity contribution in [1.82, 2.24) is 0 Å². The summed E-state index contributed by atoms with van der Waals surface area (Å²) in [6.45, 7) is 1.55. The maximum Gasteiger partial charge on any atom is 0.270 e. The molecular weight excluding hydrogens is 278 g/mol. The van der Waals surface area contributed by atoms with Gasteiger partial charge < -0.3 is 11.1 Å². The lowest BCUT2D eigenvalue weighted by atomic mass is 10.2. The lowest BCUT2D eigenvalue weighted by molar-refractivity contribution is -0.384. The van der Waals surface area contributed by atoms with Crippen LogP contribution >= 0.6 is 15.9 Å². The van der Waals surface area contributed by atoms with Crippen LogP contribution in [0.1, 0.15) is 6.92 Å². The third-order valence-corrected chi connectivity index (χ3v) is 2.49. The van der Waals surface area contributed by atoms with E-state index in [1.807, 2.05) is 0 Å². The Balaban J connectivity index is 2.91. The molecule has 6 nitrogen and oxygen atoms in total. The zero-order valence-corrected chi connectivity index (χ0v) is 10.0. The van der Waals surface area contributed by atoms with E-state index in [1.165, 1.54) is 18.2 Å². The molecule has 0 aliphatic carbocycles. The molecule has 1 aromatic rings. The van der Waals surface area contributed by atoms with E-state index < -0.39 is 11.0 Å². The van der Waals surface area contributed by atoms with Gasteiger partial charge in [0.2, 0.25) is 5.91 Å². The number of hydrogen-bond donors (Lipinski definition) is 2. The summed E-state index contributed by atoms with van der Waals surface area (Å²) in [6.07, 6.45) is 0. The van der Waals surface area contributed by atoms with Crippen LogP contribution < -0.4 is 11.1 Å². The average molecular weight is 288 g/mol. The Morgan fingerprint density at radius 2 is 2.25 bits per heavy atom. The largest absolute Gasteiger partial charge is 0.324 e. The number of rotatable bonds is 3. The molecule has 0 fully saturated rings. The molecule has 0 bridgehead atoms. The van der Waals surface area contributed by atoms with Gasteiger partial charge in [0, 0.05) is 16.6 Å². The number of nitrogens with one attached hydrogen (secondary N) is 1. The monoisotopic (exact) mass is 287 g/mol. The topological polar surface area (TPSA) is 98.3 Å². The summed E-state index contributed by atoms with van der Waals surface area (Å²) >= 11 is 3.13. The van der Waals surface area contributed by atoms with E-state index in [0.717, 1.165) is 0 Å². The van der Waals surface area contributed by atoms with Gasteiger partial charge in [-0.25, -0.2) is 0 Å². The molecule has 0 unspecified atom stereocenters. The van der Waals surface area contributed by atoms with Crippen molar-refractivity contribution < 1.29 is 9.72 Å². The normalized spacial score (nSPS) is 11.9. The lowest BCUT2D eigenvalue weighted by Crippen LogP contribution is -2.32. The van der Waals surface area contributed by atoms with Gasteiger partial charge in [-0.15, -0.1) is 0 Å². The molecule has 0 aliphatic heterocycles. The van der Waals surface area contributed by atoms with Crippen molar-refractivity contribution in [3.05, 3.63) is 32.8 Å². The summed E-state index contributed by atoms with van der Waals surface area (Å²) in [5.41, 5.74) is 5.78. The van der Waals surface area contributed by atoms with Gasteiger partial charge in [-0.3, -0.25) is 14.9 Å². The number of anilines is 1. The van der Waals surface area contributed by atoms with Gasteiger partial charge in [0.05, 0.1) is 16.7 Å². The molecule has 1 amide bonds. The minimum atomic E-state index is -0.637. The standard InChI is InChI=1S/C9H10BrN3O3/c1-5(11)9(14)12-8-3-2-6(13(15)16)4-7(8)10/h2-5H,11H2,1H3,(H,12,14)/t5-/m1/s1. The van der Waals surface area contributed by atoms with Crippen molar-refractivity contribution in [2.24, 2.45) is 5.73 Å². The second-order valence-electron chi connectivity index (χ2n) is 3.20. The second-order valence-corrected chi connectivity index (χ2v) is 4.05. The van der Waals surface area contributed by atoms with Crippen LogP contribution in [0.4, 0.5) is 11.4 Å². The minimum absolute atomic E-state index is 0.0503. The molecule has 86 valence electrons. The summed E-state index contributed by atoms with van der Waals surface area (Å²) in [6, 6.07) is 3.43. The van der Waals surface area contributed by atoms with Crippen LogP contribution in [0.25, 0.3) is 0 Å². The smallest absolute Gasteiger partial charge is 0.270 e. The summed E-state index contributed by atoms with van der Waals surface area (Å²) in [4.78, 5) is 21.3. The molecule has 0 aromatic heterocycles. The van der Waals surface area contributed by atoms with Gasteiger partial charge in [-0.2, -0.15) is 0 Å². The third kappa shape index (κ3) is 3.01. The highest BCUT2D eigenvalue weighted by atomic mass is 79.9. The molecule has 0 aliphatic rings. The van der Waals surface area contributed by atoms with Gasteiger partial charge >= 0.3 is 0 Å². The van der Waals surface area contributed by atoms with Crippen LogP contribution in [0.3, 0.4) is 0 Å². The van der Waals surface area contributed by atoms with Gasteiger partial charge in [0.25, 0.3) is 5.69 Å². The second kappa shape index (κ2) is 5.04. The fourth-order valence-corrected chi connectivity index (χ4v) is 1.43. The van der Waals surface area contributed by atoms with Crippen molar-refractivity contribution >= 4 is 33.2 Å². The summed E-state index contributed by atoms with van der Waals surface area (Å²) < 4.78 is 0.440. The Bertz CT molecular complexity index is 434. The van der Waals surface area contributed by atoms with Gasteiger partial charge in [0.15, 0.2) is 0 Å². The minimum Gasteiger partial charge on any atom is -0.324 e. The zero-order chi connectivity index (χ0) is 12.3. The Morgan fingerprint density at radius 1 is 1.62 bits per heavy atom. The number of hydrogen-bond acceptors (Lipinski definition) is 4. The maximum absolute atomic E-state index is 11.3. The SMILES string of the molecule is C[C@@H](N)C(=O)Nc1ccc([N+](=O)[O-])cc1Br. The Labute approximate surface area is 100 Å². The zero-order valence-electron chi connectivity index (χ0n) is 8.44. The number of carbonyl (C=O) groups excluding carboxylic acids is 1. The Kier molecular flexibility index (Phi) is 3.97. The van der Waals surface area contributed by atoms with E-state index in [2.05, 4.69) is 21.2 Å². The summed E-state index contributed by atoms with van der Waals surface area (Å²) in [5.74, 6) is -0.352. The van der Waals surface area contributed by atoms with Crippen LogP contribution in [0.5, 0.6) is 0 Å². The van der Waals surface area contributed by atoms with Crippen LogP contribution in [0, 0.1) is 10.1 Å². The van der Waals surface area contributed by atoms with Crippen molar-refractivity contribution in [2.75, 3.05) is 5.32 Å². The highest BCUT2D eigenvalue weighted by Crippen LogP contribution is 2.27. The fraction of sp³-hybridized carbons (Fsp3) is 0.222. The molecule has 16 heavy (non-hydrogen) atoms. The van der Waals surface area contributed by atoms with Crippen molar-refractivity contribution in [1.29, 1.82) is 0 Å². The molecule has 7 heteroatoms. The van der Waals surface area contributed by atoms with Gasteiger partial charge in [-0.05, 0) is 28.9 Å². The third-order valence-electron chi connectivity index (χ3n) is 1.83. The van der Waals surface area contributed by atoms with E-state index in [-0.39, 0.29) is 11.6 Å². The number of non-ortho nitro benzene ring substituents is 1. The number of nitrogens with two attached hydrogens (primary N) is 1. The first kappa shape index (κ1) is 12.6. The molecule has 0 radical (unpaired) electrons. The van der Waals surface area contributed by atoms with Gasteiger partial charge in [0.1, 0.15) is 0 Å². The quantitative estimate of drug-likeness (QED) is 0.652. The number of halogens is 1. The van der Waals surface area contributed by atoms with Crippen LogP contribution in [0.2, 0.25) is 0 Å². The number of nitrogens with zero attached hydrogens (tertiary/aromatic N) is 1. The number of benzene rings is 1. The molecule has 1 rings (SSSR count). The average Bonchev–Trinajstić information content (AvgIpc) is 2.20. The molecule has 0 saturated heterocycles. The molecule has 0 spiro atoms. The van der Waals surface area contributed by atoms with E-state index in [4.69, 9.17) is 5.73 Å². The first-order valence-corrected chi connectivity index (χ1v) is 5.21. The van der Waals surface area contributed by atoms with Gasteiger partial charge in [-0.1, -0.05) is 0 Å². The predicted molar refractivity (Wildman–Crippen MR) is 63.1 cm³/mol. The molecule has 1 aromatic carbocycles. The number of nitro benzene ring substituents is 1. The van der Waals surface area contributed by atoms with Crippen molar-refractivity contribution in [3.8, 4) is 0 Å². The lowest BCUT2D eigenvalue weighted by Gasteiger charge is -2.09. The maximum atomic E-state index is 11.3. The van der Waals surface area contributed by atoms with E-state index in [9.17, 15) is 14.9 Å². The summed E-state index contributed by atoms with van der Waals surface area (Å²) in [7, 11) is 0. The molecule has 3 N–H and O–H groups in total. The first-order valence-electron chi connectivity index (χ1n) is 4.42. The highest BCUT2D eigenvalue weighted by molar-refractivity contribution is 9.10. The van der Waals surface area contributed by atoms with Crippen LogP contribution in [-0.4, -0.2) is 16.9 Å².